The Bertz CT molecular complexity index is 313. The van der Waals surface area contributed by atoms with Crippen LogP contribution in [0.4, 0.5) is 4.79 Å². The van der Waals surface area contributed by atoms with Crippen LogP contribution in [0.2, 0.25) is 0 Å². The molecule has 2 rings (SSSR count). The van der Waals surface area contributed by atoms with Gasteiger partial charge in [-0.1, -0.05) is 12.8 Å². The Morgan fingerprint density at radius 3 is 2.50 bits per heavy atom. The van der Waals surface area contributed by atoms with E-state index in [0.29, 0.717) is 12.6 Å². The molecule has 1 saturated heterocycles. The smallest absolute Gasteiger partial charge is 0.317 e. The van der Waals surface area contributed by atoms with E-state index in [2.05, 4.69) is 10.6 Å². The Morgan fingerprint density at radius 2 is 1.83 bits per heavy atom. The Balaban J connectivity index is 1.83. The third kappa shape index (κ3) is 3.15. The van der Waals surface area contributed by atoms with Crippen LogP contribution in [0.1, 0.15) is 38.5 Å². The van der Waals surface area contributed by atoms with Gasteiger partial charge >= 0.3 is 6.03 Å². The number of rotatable bonds is 2. The van der Waals surface area contributed by atoms with Crippen LogP contribution >= 0.6 is 0 Å². The molecule has 3 amide bonds. The zero-order chi connectivity index (χ0) is 13.0. The molecule has 0 aromatic rings. The third-order valence-electron chi connectivity index (χ3n) is 4.01. The maximum Gasteiger partial charge on any atom is 0.317 e. The number of carbonyl (C=O) groups excluding carboxylic acids is 2. The molecule has 0 radical (unpaired) electrons. The minimum Gasteiger partial charge on any atom is -0.359 e. The maximum atomic E-state index is 12.1. The quantitative estimate of drug-likeness (QED) is 0.774. The van der Waals surface area contributed by atoms with Gasteiger partial charge in [-0.15, -0.1) is 0 Å². The normalized spacial score (nSPS) is 24.9. The van der Waals surface area contributed by atoms with Gasteiger partial charge in [-0.25, -0.2) is 4.79 Å². The number of nitrogens with one attached hydrogen (secondary N) is 2. The van der Waals surface area contributed by atoms with Crippen LogP contribution in [0.15, 0.2) is 0 Å². The van der Waals surface area contributed by atoms with Crippen molar-refractivity contribution in [2.24, 2.45) is 5.92 Å². The van der Waals surface area contributed by atoms with Crippen molar-refractivity contribution < 1.29 is 9.59 Å². The Morgan fingerprint density at radius 1 is 1.11 bits per heavy atom. The van der Waals surface area contributed by atoms with E-state index in [9.17, 15) is 9.59 Å². The summed E-state index contributed by atoms with van der Waals surface area (Å²) in [6.45, 7) is 1.32. The zero-order valence-corrected chi connectivity index (χ0v) is 11.1. The average molecular weight is 253 g/mol. The van der Waals surface area contributed by atoms with E-state index in [1.54, 1.807) is 11.9 Å². The SMILES string of the molecule is CNC(=O)[C@H]1CCCN(C(=O)NC2CCCC2)C1. The Hall–Kier alpha value is -1.26. The van der Waals surface area contributed by atoms with Crippen molar-refractivity contribution in [2.45, 2.75) is 44.6 Å². The third-order valence-corrected chi connectivity index (χ3v) is 4.01. The van der Waals surface area contributed by atoms with Gasteiger partial charge in [0.1, 0.15) is 0 Å². The first kappa shape index (κ1) is 13.2. The summed E-state index contributed by atoms with van der Waals surface area (Å²) in [5.74, 6) is 0.00597. The van der Waals surface area contributed by atoms with E-state index in [1.165, 1.54) is 12.8 Å². The molecule has 5 heteroatoms. The maximum absolute atomic E-state index is 12.1. The highest BCUT2D eigenvalue weighted by Gasteiger charge is 2.29. The highest BCUT2D eigenvalue weighted by atomic mass is 16.2. The molecule has 0 aromatic heterocycles. The average Bonchev–Trinajstić information content (AvgIpc) is 2.90. The van der Waals surface area contributed by atoms with E-state index in [1.807, 2.05) is 0 Å². The Labute approximate surface area is 108 Å². The van der Waals surface area contributed by atoms with E-state index >= 15 is 0 Å². The fraction of sp³-hybridized carbons (Fsp3) is 0.846. The number of urea groups is 1. The standard InChI is InChI=1S/C13H23N3O2/c1-14-12(17)10-5-4-8-16(9-10)13(18)15-11-6-2-3-7-11/h10-11H,2-9H2,1H3,(H,14,17)(H,15,18)/t10-/m0/s1. The lowest BCUT2D eigenvalue weighted by atomic mass is 9.97. The highest BCUT2D eigenvalue weighted by molar-refractivity contribution is 5.80. The van der Waals surface area contributed by atoms with Crippen molar-refractivity contribution in [3.63, 3.8) is 0 Å². The van der Waals surface area contributed by atoms with Crippen molar-refractivity contribution in [3.05, 3.63) is 0 Å². The molecule has 18 heavy (non-hydrogen) atoms. The highest BCUT2D eigenvalue weighted by Crippen LogP contribution is 2.20. The van der Waals surface area contributed by atoms with Crippen molar-refractivity contribution in [1.29, 1.82) is 0 Å². The molecule has 1 aliphatic heterocycles. The molecule has 2 fully saturated rings. The minimum absolute atomic E-state index is 0.00973. The molecule has 2 aliphatic rings. The van der Waals surface area contributed by atoms with Gasteiger partial charge in [0.05, 0.1) is 5.92 Å². The summed E-state index contributed by atoms with van der Waals surface area (Å²) in [4.78, 5) is 25.5. The first-order valence-corrected chi connectivity index (χ1v) is 6.97. The summed E-state index contributed by atoms with van der Waals surface area (Å²) in [5.41, 5.74) is 0. The summed E-state index contributed by atoms with van der Waals surface area (Å²) in [6, 6.07) is 0.355. The minimum atomic E-state index is -0.0434. The lowest BCUT2D eigenvalue weighted by Crippen LogP contribution is -2.50. The van der Waals surface area contributed by atoms with Crippen molar-refractivity contribution in [1.82, 2.24) is 15.5 Å². The lowest BCUT2D eigenvalue weighted by molar-refractivity contribution is -0.125. The van der Waals surface area contributed by atoms with Crippen LogP contribution in [-0.2, 0) is 4.79 Å². The van der Waals surface area contributed by atoms with Gasteiger partial charge in [0.2, 0.25) is 5.91 Å². The van der Waals surface area contributed by atoms with Crippen LogP contribution in [0.3, 0.4) is 0 Å². The number of nitrogens with zero attached hydrogens (tertiary/aromatic N) is 1. The summed E-state index contributed by atoms with van der Waals surface area (Å²) in [6.07, 6.45) is 6.41. The van der Waals surface area contributed by atoms with Gasteiger partial charge in [-0.3, -0.25) is 4.79 Å². The van der Waals surface area contributed by atoms with Crippen LogP contribution in [0, 0.1) is 5.92 Å². The second kappa shape index (κ2) is 6.07. The van der Waals surface area contributed by atoms with Crippen LogP contribution < -0.4 is 10.6 Å². The van der Waals surface area contributed by atoms with Crippen LogP contribution in [-0.4, -0.2) is 43.0 Å². The fourth-order valence-electron chi connectivity index (χ4n) is 2.92. The van der Waals surface area contributed by atoms with Gasteiger partial charge < -0.3 is 15.5 Å². The van der Waals surface area contributed by atoms with Gasteiger partial charge in [-0.05, 0) is 25.7 Å². The van der Waals surface area contributed by atoms with E-state index in [0.717, 1.165) is 32.2 Å². The van der Waals surface area contributed by atoms with Gasteiger partial charge in [0.25, 0.3) is 0 Å². The predicted molar refractivity (Wildman–Crippen MR) is 69.2 cm³/mol. The lowest BCUT2D eigenvalue weighted by Gasteiger charge is -2.32. The molecule has 0 aromatic carbocycles. The van der Waals surface area contributed by atoms with Crippen molar-refractivity contribution in [2.75, 3.05) is 20.1 Å². The summed E-state index contributed by atoms with van der Waals surface area (Å²) in [5, 5.41) is 5.75. The summed E-state index contributed by atoms with van der Waals surface area (Å²) in [7, 11) is 1.65. The van der Waals surface area contributed by atoms with Crippen molar-refractivity contribution >= 4 is 11.9 Å². The number of piperidine rings is 1. The molecule has 0 bridgehead atoms. The number of carbonyl (C=O) groups is 2. The largest absolute Gasteiger partial charge is 0.359 e. The fourth-order valence-corrected chi connectivity index (χ4v) is 2.92. The number of likely N-dealkylation sites (tertiary alicyclic amines) is 1. The van der Waals surface area contributed by atoms with Crippen LogP contribution in [0.5, 0.6) is 0 Å². The molecule has 0 spiro atoms. The molecule has 1 aliphatic carbocycles. The molecule has 2 N–H and O–H groups in total. The molecular weight excluding hydrogens is 230 g/mol. The molecule has 1 atom stereocenters. The number of amides is 3. The van der Waals surface area contributed by atoms with E-state index < -0.39 is 0 Å². The number of hydrogen-bond acceptors (Lipinski definition) is 2. The molecule has 5 nitrogen and oxygen atoms in total. The first-order chi connectivity index (χ1) is 8.70. The molecule has 102 valence electrons. The summed E-state index contributed by atoms with van der Waals surface area (Å²) >= 11 is 0. The van der Waals surface area contributed by atoms with Gasteiger partial charge in [0.15, 0.2) is 0 Å². The van der Waals surface area contributed by atoms with E-state index in [-0.39, 0.29) is 17.9 Å². The molecule has 0 unspecified atom stereocenters. The van der Waals surface area contributed by atoms with Gasteiger partial charge in [0, 0.05) is 26.2 Å². The summed E-state index contributed by atoms with van der Waals surface area (Å²) < 4.78 is 0. The van der Waals surface area contributed by atoms with Gasteiger partial charge in [-0.2, -0.15) is 0 Å². The second-order valence-corrected chi connectivity index (χ2v) is 5.33. The Kier molecular flexibility index (Phi) is 4.44. The van der Waals surface area contributed by atoms with Crippen LogP contribution in [0.25, 0.3) is 0 Å². The monoisotopic (exact) mass is 253 g/mol. The first-order valence-electron chi connectivity index (χ1n) is 6.97. The molecular formula is C13H23N3O2. The van der Waals surface area contributed by atoms with E-state index in [4.69, 9.17) is 0 Å². The topological polar surface area (TPSA) is 61.4 Å². The molecule has 1 heterocycles. The van der Waals surface area contributed by atoms with Crippen molar-refractivity contribution in [3.8, 4) is 0 Å². The predicted octanol–water partition coefficient (Wildman–Crippen LogP) is 1.10. The molecule has 1 saturated carbocycles. The second-order valence-electron chi connectivity index (χ2n) is 5.33. The number of hydrogen-bond donors (Lipinski definition) is 2. The zero-order valence-electron chi connectivity index (χ0n) is 11.1.